The van der Waals surface area contributed by atoms with Crippen molar-refractivity contribution in [1.29, 1.82) is 0 Å². The van der Waals surface area contributed by atoms with Gasteiger partial charge in [0, 0.05) is 11.6 Å². The van der Waals surface area contributed by atoms with Crippen molar-refractivity contribution in [2.45, 2.75) is 39.2 Å². The molecule has 1 atom stereocenters. The van der Waals surface area contributed by atoms with Crippen molar-refractivity contribution >= 4 is 0 Å². The Hall–Kier alpha value is -1.02. The van der Waals surface area contributed by atoms with Crippen LogP contribution in [0.15, 0.2) is 18.2 Å². The van der Waals surface area contributed by atoms with Crippen molar-refractivity contribution in [3.8, 4) is 5.75 Å². The molecule has 2 nitrogen and oxygen atoms in total. The number of hydrogen-bond donors (Lipinski definition) is 1. The number of benzene rings is 1. The first-order chi connectivity index (χ1) is 7.66. The normalized spacial score (nSPS) is 17.9. The van der Waals surface area contributed by atoms with Crippen LogP contribution in [0.1, 0.15) is 43.4 Å². The van der Waals surface area contributed by atoms with Crippen LogP contribution in [0.2, 0.25) is 0 Å². The van der Waals surface area contributed by atoms with E-state index in [-0.39, 0.29) is 6.04 Å². The highest BCUT2D eigenvalue weighted by Crippen LogP contribution is 2.30. The highest BCUT2D eigenvalue weighted by atomic mass is 16.5. The highest BCUT2D eigenvalue weighted by Gasteiger charge is 2.18. The summed E-state index contributed by atoms with van der Waals surface area (Å²) >= 11 is 0. The summed E-state index contributed by atoms with van der Waals surface area (Å²) in [5, 5.41) is 0. The second-order valence-electron chi connectivity index (χ2n) is 4.94. The molecule has 0 bridgehead atoms. The van der Waals surface area contributed by atoms with Crippen LogP contribution in [-0.2, 0) is 0 Å². The van der Waals surface area contributed by atoms with Crippen molar-refractivity contribution < 1.29 is 4.74 Å². The molecule has 0 amide bonds. The molecule has 0 aromatic heterocycles. The molecule has 0 radical (unpaired) electrons. The van der Waals surface area contributed by atoms with E-state index in [1.165, 1.54) is 24.8 Å². The van der Waals surface area contributed by atoms with Crippen LogP contribution < -0.4 is 10.5 Å². The van der Waals surface area contributed by atoms with Gasteiger partial charge in [-0.25, -0.2) is 0 Å². The number of nitrogens with two attached hydrogens (primary N) is 1. The summed E-state index contributed by atoms with van der Waals surface area (Å²) in [6.45, 7) is 4.94. The number of hydrogen-bond acceptors (Lipinski definition) is 2. The second-order valence-corrected chi connectivity index (χ2v) is 4.94. The molecule has 1 aromatic rings. The van der Waals surface area contributed by atoms with Crippen LogP contribution in [0.5, 0.6) is 5.75 Å². The van der Waals surface area contributed by atoms with Crippen molar-refractivity contribution in [2.75, 3.05) is 6.61 Å². The fourth-order valence-corrected chi connectivity index (χ4v) is 2.01. The van der Waals surface area contributed by atoms with Crippen LogP contribution in [-0.4, -0.2) is 6.61 Å². The summed E-state index contributed by atoms with van der Waals surface area (Å²) in [6.07, 6.45) is 4.00. The molecule has 16 heavy (non-hydrogen) atoms. The molecular formula is C14H21NO. The van der Waals surface area contributed by atoms with E-state index >= 15 is 0 Å². The number of ether oxygens (including phenoxy) is 1. The molecule has 1 aliphatic rings. The minimum atomic E-state index is 0.0389. The monoisotopic (exact) mass is 219 g/mol. The van der Waals surface area contributed by atoms with Crippen LogP contribution in [0.4, 0.5) is 0 Å². The zero-order valence-electron chi connectivity index (χ0n) is 10.2. The van der Waals surface area contributed by atoms with Gasteiger partial charge in [0.1, 0.15) is 5.75 Å². The quantitative estimate of drug-likeness (QED) is 0.844. The fraction of sp³-hybridized carbons (Fsp3) is 0.571. The molecule has 2 heteroatoms. The molecule has 2 rings (SSSR count). The first kappa shape index (κ1) is 11.5. The molecular weight excluding hydrogens is 198 g/mol. The molecule has 1 aromatic carbocycles. The third-order valence-electron chi connectivity index (χ3n) is 3.36. The molecule has 1 fully saturated rings. The first-order valence-electron chi connectivity index (χ1n) is 6.15. The van der Waals surface area contributed by atoms with Gasteiger partial charge in [-0.2, -0.15) is 0 Å². The standard InChI is InChI=1S/C14H21NO/c1-10-6-7-13(11(2)15)14(8-10)16-9-12-4-3-5-12/h6-8,11-12H,3-5,9,15H2,1-2H3. The molecule has 0 spiro atoms. The molecule has 0 heterocycles. The van der Waals surface area contributed by atoms with E-state index in [2.05, 4.69) is 25.1 Å². The summed E-state index contributed by atoms with van der Waals surface area (Å²) < 4.78 is 5.90. The van der Waals surface area contributed by atoms with Gasteiger partial charge in [0.2, 0.25) is 0 Å². The molecule has 0 saturated heterocycles. The predicted molar refractivity (Wildman–Crippen MR) is 66.6 cm³/mol. The maximum atomic E-state index is 5.94. The first-order valence-corrected chi connectivity index (χ1v) is 6.15. The van der Waals surface area contributed by atoms with Crippen molar-refractivity contribution in [1.82, 2.24) is 0 Å². The third kappa shape index (κ3) is 2.56. The van der Waals surface area contributed by atoms with Crippen LogP contribution >= 0.6 is 0 Å². The summed E-state index contributed by atoms with van der Waals surface area (Å²) in [5.41, 5.74) is 8.28. The predicted octanol–water partition coefficient (Wildman–Crippen LogP) is 3.19. The van der Waals surface area contributed by atoms with Gasteiger partial charge in [0.05, 0.1) is 6.61 Å². The lowest BCUT2D eigenvalue weighted by atomic mass is 9.86. The lowest BCUT2D eigenvalue weighted by molar-refractivity contribution is 0.179. The molecule has 0 aliphatic heterocycles. The fourth-order valence-electron chi connectivity index (χ4n) is 2.01. The Morgan fingerprint density at radius 1 is 1.44 bits per heavy atom. The van der Waals surface area contributed by atoms with E-state index in [1.807, 2.05) is 6.92 Å². The van der Waals surface area contributed by atoms with E-state index in [4.69, 9.17) is 10.5 Å². The van der Waals surface area contributed by atoms with Gasteiger partial charge < -0.3 is 10.5 Å². The second kappa shape index (κ2) is 4.88. The highest BCUT2D eigenvalue weighted by molar-refractivity contribution is 5.38. The summed E-state index contributed by atoms with van der Waals surface area (Å²) in [4.78, 5) is 0. The summed E-state index contributed by atoms with van der Waals surface area (Å²) in [6, 6.07) is 6.31. The molecule has 1 aliphatic carbocycles. The van der Waals surface area contributed by atoms with E-state index in [0.29, 0.717) is 0 Å². The molecule has 2 N–H and O–H groups in total. The van der Waals surface area contributed by atoms with Gasteiger partial charge in [0.15, 0.2) is 0 Å². The Labute approximate surface area is 97.8 Å². The Balaban J connectivity index is 2.06. The Kier molecular flexibility index (Phi) is 3.49. The number of aryl methyl sites for hydroxylation is 1. The van der Waals surface area contributed by atoms with Crippen LogP contribution in [0.25, 0.3) is 0 Å². The SMILES string of the molecule is Cc1ccc(C(C)N)c(OCC2CCC2)c1. The van der Waals surface area contributed by atoms with Gasteiger partial charge in [-0.3, -0.25) is 0 Å². The molecule has 88 valence electrons. The van der Waals surface area contributed by atoms with Gasteiger partial charge in [-0.1, -0.05) is 18.6 Å². The van der Waals surface area contributed by atoms with Crippen molar-refractivity contribution in [3.63, 3.8) is 0 Å². The zero-order chi connectivity index (χ0) is 11.5. The topological polar surface area (TPSA) is 35.2 Å². The van der Waals surface area contributed by atoms with Crippen LogP contribution in [0.3, 0.4) is 0 Å². The van der Waals surface area contributed by atoms with Crippen molar-refractivity contribution in [2.24, 2.45) is 11.7 Å². The summed E-state index contributed by atoms with van der Waals surface area (Å²) in [5.74, 6) is 1.74. The van der Waals surface area contributed by atoms with Gasteiger partial charge in [0.25, 0.3) is 0 Å². The smallest absolute Gasteiger partial charge is 0.124 e. The minimum absolute atomic E-state index is 0.0389. The van der Waals surface area contributed by atoms with Gasteiger partial charge in [-0.15, -0.1) is 0 Å². The third-order valence-corrected chi connectivity index (χ3v) is 3.36. The largest absolute Gasteiger partial charge is 0.493 e. The lowest BCUT2D eigenvalue weighted by Crippen LogP contribution is -2.20. The van der Waals surface area contributed by atoms with E-state index in [1.54, 1.807) is 0 Å². The van der Waals surface area contributed by atoms with E-state index in [9.17, 15) is 0 Å². The molecule has 1 unspecified atom stereocenters. The zero-order valence-corrected chi connectivity index (χ0v) is 10.2. The van der Waals surface area contributed by atoms with E-state index < -0.39 is 0 Å². The Morgan fingerprint density at radius 2 is 2.19 bits per heavy atom. The van der Waals surface area contributed by atoms with E-state index in [0.717, 1.165) is 23.8 Å². The summed E-state index contributed by atoms with van der Waals surface area (Å²) in [7, 11) is 0. The van der Waals surface area contributed by atoms with Crippen molar-refractivity contribution in [3.05, 3.63) is 29.3 Å². The maximum Gasteiger partial charge on any atom is 0.124 e. The minimum Gasteiger partial charge on any atom is -0.493 e. The van der Waals surface area contributed by atoms with Gasteiger partial charge in [-0.05, 0) is 44.2 Å². The average molecular weight is 219 g/mol. The Morgan fingerprint density at radius 3 is 2.75 bits per heavy atom. The van der Waals surface area contributed by atoms with Gasteiger partial charge >= 0.3 is 0 Å². The Bertz CT molecular complexity index is 356. The number of rotatable bonds is 4. The van der Waals surface area contributed by atoms with Crippen LogP contribution in [0, 0.1) is 12.8 Å². The lowest BCUT2D eigenvalue weighted by Gasteiger charge is -2.26. The molecule has 1 saturated carbocycles. The average Bonchev–Trinajstić information content (AvgIpc) is 2.14. The maximum absolute atomic E-state index is 5.94.